The Morgan fingerprint density at radius 1 is 1.22 bits per heavy atom. The van der Waals surface area contributed by atoms with Crippen LogP contribution in [0, 0.1) is 5.92 Å². The summed E-state index contributed by atoms with van der Waals surface area (Å²) in [4.78, 5) is 12.3. The maximum Gasteiger partial charge on any atom is 0.164 e. The molecule has 27 heavy (non-hydrogen) atoms. The molecule has 4 heterocycles. The van der Waals surface area contributed by atoms with Crippen LogP contribution in [0.15, 0.2) is 16.9 Å². The molecule has 2 aliphatic heterocycles. The summed E-state index contributed by atoms with van der Waals surface area (Å²) in [6, 6.07) is 2.44. The second-order valence-electron chi connectivity index (χ2n) is 9.56. The van der Waals surface area contributed by atoms with Crippen LogP contribution in [-0.2, 0) is 11.5 Å². The van der Waals surface area contributed by atoms with Gasteiger partial charge in [0.25, 0.3) is 0 Å². The summed E-state index contributed by atoms with van der Waals surface area (Å²) >= 11 is 3.64. The van der Waals surface area contributed by atoms with Gasteiger partial charge in [-0.3, -0.25) is 0 Å². The molecule has 3 atom stereocenters. The van der Waals surface area contributed by atoms with Crippen LogP contribution in [0.5, 0.6) is 0 Å². The summed E-state index contributed by atoms with van der Waals surface area (Å²) in [7, 11) is -1.07. The first-order valence-corrected chi connectivity index (χ1v) is 14.7. The van der Waals surface area contributed by atoms with Crippen molar-refractivity contribution < 1.29 is 4.74 Å². The Morgan fingerprint density at radius 2 is 1.93 bits per heavy atom. The predicted octanol–water partition coefficient (Wildman–Crippen LogP) is 5.27. The van der Waals surface area contributed by atoms with Crippen molar-refractivity contribution in [3.63, 3.8) is 0 Å². The van der Waals surface area contributed by atoms with Gasteiger partial charge in [0.05, 0.1) is 10.7 Å². The summed E-state index contributed by atoms with van der Waals surface area (Å²) in [6.45, 7) is 10.9. The third-order valence-electron chi connectivity index (χ3n) is 5.97. The molecule has 7 heteroatoms. The summed E-state index contributed by atoms with van der Waals surface area (Å²) in [5.74, 6) is 1.86. The van der Waals surface area contributed by atoms with Crippen LogP contribution in [0.2, 0.25) is 25.7 Å². The van der Waals surface area contributed by atoms with Crippen molar-refractivity contribution >= 4 is 41.0 Å². The van der Waals surface area contributed by atoms with Gasteiger partial charge in [-0.05, 0) is 53.6 Å². The highest BCUT2D eigenvalue weighted by Crippen LogP contribution is 2.41. The van der Waals surface area contributed by atoms with E-state index in [1.165, 1.54) is 31.7 Å². The Kier molecular flexibility index (Phi) is 5.38. The predicted molar refractivity (Wildman–Crippen MR) is 117 cm³/mol. The topological polar surface area (TPSA) is 43.2 Å². The van der Waals surface area contributed by atoms with Gasteiger partial charge in [0, 0.05) is 33.0 Å². The average molecular weight is 451 g/mol. The fourth-order valence-corrected chi connectivity index (χ4v) is 5.87. The molecule has 0 amide bonds. The SMILES string of the molecule is CC1C[C@H]2CC[C@@H](C1)N2c1cnc2c(Br)cn(COCC[Si](C)(C)C)c2n1. The van der Waals surface area contributed by atoms with Gasteiger partial charge >= 0.3 is 0 Å². The summed E-state index contributed by atoms with van der Waals surface area (Å²) in [6.07, 6.45) is 9.15. The molecule has 2 aromatic rings. The zero-order valence-electron chi connectivity index (χ0n) is 16.9. The highest BCUT2D eigenvalue weighted by molar-refractivity contribution is 9.10. The number of halogens is 1. The van der Waals surface area contributed by atoms with Crippen LogP contribution in [0.3, 0.4) is 0 Å². The van der Waals surface area contributed by atoms with E-state index in [0.717, 1.165) is 34.0 Å². The molecular weight excluding hydrogens is 420 g/mol. The molecule has 0 aromatic carbocycles. The molecule has 4 rings (SSSR count). The van der Waals surface area contributed by atoms with Gasteiger partial charge in [0.1, 0.15) is 18.1 Å². The molecule has 2 bridgehead atoms. The van der Waals surface area contributed by atoms with Crippen LogP contribution < -0.4 is 4.90 Å². The van der Waals surface area contributed by atoms with Crippen molar-refractivity contribution in [2.24, 2.45) is 5.92 Å². The minimum absolute atomic E-state index is 0.536. The van der Waals surface area contributed by atoms with Gasteiger partial charge in [0.15, 0.2) is 5.65 Å². The van der Waals surface area contributed by atoms with E-state index in [2.05, 4.69) is 58.2 Å². The largest absolute Gasteiger partial charge is 0.361 e. The van der Waals surface area contributed by atoms with Gasteiger partial charge < -0.3 is 14.2 Å². The van der Waals surface area contributed by atoms with E-state index in [9.17, 15) is 0 Å². The van der Waals surface area contributed by atoms with Gasteiger partial charge in [0.2, 0.25) is 0 Å². The Bertz CT molecular complexity index is 804. The molecule has 5 nitrogen and oxygen atoms in total. The quantitative estimate of drug-likeness (QED) is 0.443. The van der Waals surface area contributed by atoms with Gasteiger partial charge in [-0.25, -0.2) is 9.97 Å². The lowest BCUT2D eigenvalue weighted by molar-refractivity contribution is 0.0898. The van der Waals surface area contributed by atoms with Crippen LogP contribution in [-0.4, -0.2) is 41.3 Å². The zero-order valence-corrected chi connectivity index (χ0v) is 19.5. The smallest absolute Gasteiger partial charge is 0.164 e. The number of aromatic nitrogens is 3. The van der Waals surface area contributed by atoms with E-state index in [-0.39, 0.29) is 0 Å². The first-order valence-electron chi connectivity index (χ1n) is 10.2. The normalized spacial score (nSPS) is 25.5. The molecule has 0 saturated carbocycles. The second kappa shape index (κ2) is 7.48. The fraction of sp³-hybridized carbons (Fsp3) is 0.700. The monoisotopic (exact) mass is 450 g/mol. The van der Waals surface area contributed by atoms with Crippen molar-refractivity contribution in [3.05, 3.63) is 16.9 Å². The number of hydrogen-bond donors (Lipinski definition) is 0. The summed E-state index contributed by atoms with van der Waals surface area (Å²) in [5, 5.41) is 0. The number of piperidine rings is 1. The Labute approximate surface area is 171 Å². The van der Waals surface area contributed by atoms with Crippen LogP contribution in [0.1, 0.15) is 32.6 Å². The number of nitrogens with zero attached hydrogens (tertiary/aromatic N) is 4. The zero-order chi connectivity index (χ0) is 19.2. The first-order chi connectivity index (χ1) is 12.8. The highest BCUT2D eigenvalue weighted by atomic mass is 79.9. The molecule has 0 aliphatic carbocycles. The molecule has 2 aliphatic rings. The van der Waals surface area contributed by atoms with Crippen LogP contribution >= 0.6 is 15.9 Å². The lowest BCUT2D eigenvalue weighted by atomic mass is 9.92. The fourth-order valence-electron chi connectivity index (χ4n) is 4.59. The molecule has 0 spiro atoms. The number of hydrogen-bond acceptors (Lipinski definition) is 4. The van der Waals surface area contributed by atoms with Gasteiger partial charge in [-0.2, -0.15) is 0 Å². The highest BCUT2D eigenvalue weighted by Gasteiger charge is 2.40. The van der Waals surface area contributed by atoms with Crippen molar-refractivity contribution in [1.82, 2.24) is 14.5 Å². The summed E-state index contributed by atoms with van der Waals surface area (Å²) < 4.78 is 9.05. The Hall–Kier alpha value is -0.923. The van der Waals surface area contributed by atoms with Crippen molar-refractivity contribution in [2.45, 2.75) is 77.1 Å². The van der Waals surface area contributed by atoms with Crippen molar-refractivity contribution in [2.75, 3.05) is 11.5 Å². The van der Waals surface area contributed by atoms with Crippen molar-refractivity contribution in [3.8, 4) is 0 Å². The number of fused-ring (bicyclic) bond motifs is 3. The van der Waals surface area contributed by atoms with Crippen LogP contribution in [0.25, 0.3) is 11.2 Å². The molecule has 148 valence electrons. The molecule has 2 aromatic heterocycles. The molecule has 0 N–H and O–H groups in total. The van der Waals surface area contributed by atoms with Crippen molar-refractivity contribution in [1.29, 1.82) is 0 Å². The van der Waals surface area contributed by atoms with E-state index in [4.69, 9.17) is 14.7 Å². The molecule has 0 radical (unpaired) electrons. The molecule has 2 fully saturated rings. The summed E-state index contributed by atoms with van der Waals surface area (Å²) in [5.41, 5.74) is 1.84. The molecular formula is C20H31BrN4OSi. The lowest BCUT2D eigenvalue weighted by Crippen LogP contribution is -2.43. The van der Waals surface area contributed by atoms with Crippen LogP contribution in [0.4, 0.5) is 5.82 Å². The van der Waals surface area contributed by atoms with E-state index >= 15 is 0 Å². The standard InChI is InChI=1S/C20H31BrN4OSi/c1-14-9-15-5-6-16(10-14)25(15)18-11-22-19-17(21)12-24(20(19)23-18)13-26-7-8-27(2,3)4/h11-12,14-16H,5-10,13H2,1-4H3/t14?,15-,16+. The number of anilines is 1. The van der Waals surface area contributed by atoms with Gasteiger partial charge in [-0.1, -0.05) is 26.6 Å². The minimum atomic E-state index is -1.07. The van der Waals surface area contributed by atoms with E-state index in [1.807, 2.05) is 6.20 Å². The molecule has 2 saturated heterocycles. The number of ether oxygens (including phenoxy) is 1. The van der Waals surface area contributed by atoms with E-state index < -0.39 is 8.07 Å². The maximum absolute atomic E-state index is 5.97. The van der Waals surface area contributed by atoms with E-state index in [0.29, 0.717) is 18.8 Å². The molecule has 1 unspecified atom stereocenters. The average Bonchev–Trinajstić information content (AvgIpc) is 3.05. The third-order valence-corrected chi connectivity index (χ3v) is 8.25. The maximum atomic E-state index is 5.97. The number of rotatable bonds is 6. The second-order valence-corrected chi connectivity index (χ2v) is 16.0. The van der Waals surface area contributed by atoms with E-state index in [1.54, 1.807) is 0 Å². The lowest BCUT2D eigenvalue weighted by Gasteiger charge is -2.38. The Balaban J connectivity index is 1.55. The van der Waals surface area contributed by atoms with Gasteiger partial charge in [-0.15, -0.1) is 0 Å². The Morgan fingerprint density at radius 3 is 2.59 bits per heavy atom. The third kappa shape index (κ3) is 4.10. The minimum Gasteiger partial charge on any atom is -0.361 e. The first kappa shape index (κ1) is 19.4.